The maximum absolute atomic E-state index is 11.8. The first kappa shape index (κ1) is 11.1. The second kappa shape index (κ2) is 4.61. The molecule has 17 heavy (non-hydrogen) atoms. The number of anilines is 1. The van der Waals surface area contributed by atoms with Crippen LogP contribution in [0.1, 0.15) is 16.1 Å². The molecule has 0 bridgehead atoms. The van der Waals surface area contributed by atoms with Crippen molar-refractivity contribution in [2.75, 3.05) is 5.32 Å². The van der Waals surface area contributed by atoms with Gasteiger partial charge in [-0.05, 0) is 19.1 Å². The minimum absolute atomic E-state index is 0.0852. The standard InChI is InChI=1S/C12H11N3O2/c1-8-6-9(2-5-14-8)15-12(17)10-7-13-4-3-11(10)16/h2-7H,1H3,(H,13,16)(H,14,15,17). The van der Waals surface area contributed by atoms with E-state index in [1.165, 1.54) is 18.5 Å². The number of aromatic nitrogens is 2. The Labute approximate surface area is 97.5 Å². The molecule has 2 aromatic heterocycles. The lowest BCUT2D eigenvalue weighted by Gasteiger charge is -2.04. The van der Waals surface area contributed by atoms with Crippen molar-refractivity contribution in [1.29, 1.82) is 0 Å². The fourth-order valence-electron chi connectivity index (χ4n) is 1.42. The molecular weight excluding hydrogens is 218 g/mol. The first-order valence-electron chi connectivity index (χ1n) is 5.08. The Hall–Kier alpha value is -2.43. The smallest absolute Gasteiger partial charge is 0.261 e. The number of H-pyrrole nitrogens is 1. The van der Waals surface area contributed by atoms with Gasteiger partial charge in [0.25, 0.3) is 5.91 Å². The van der Waals surface area contributed by atoms with Crippen LogP contribution in [0.2, 0.25) is 0 Å². The molecule has 0 aliphatic heterocycles. The fraction of sp³-hybridized carbons (Fsp3) is 0.0833. The van der Waals surface area contributed by atoms with E-state index < -0.39 is 5.91 Å². The minimum Gasteiger partial charge on any atom is -0.367 e. The lowest BCUT2D eigenvalue weighted by molar-refractivity contribution is 0.102. The average Bonchev–Trinajstić information content (AvgIpc) is 2.29. The van der Waals surface area contributed by atoms with Crippen molar-refractivity contribution in [2.24, 2.45) is 0 Å². The molecule has 0 atom stereocenters. The maximum Gasteiger partial charge on any atom is 0.261 e. The van der Waals surface area contributed by atoms with Gasteiger partial charge in [0.05, 0.1) is 0 Å². The van der Waals surface area contributed by atoms with E-state index in [0.717, 1.165) is 5.69 Å². The molecule has 0 spiro atoms. The van der Waals surface area contributed by atoms with Gasteiger partial charge in [-0.25, -0.2) is 0 Å². The third-order valence-electron chi connectivity index (χ3n) is 2.22. The molecule has 2 heterocycles. The predicted molar refractivity (Wildman–Crippen MR) is 64.0 cm³/mol. The second-order valence-corrected chi connectivity index (χ2v) is 3.56. The number of carbonyl (C=O) groups is 1. The van der Waals surface area contributed by atoms with Crippen molar-refractivity contribution < 1.29 is 4.79 Å². The summed E-state index contributed by atoms with van der Waals surface area (Å²) in [6, 6.07) is 4.71. The molecule has 5 nitrogen and oxygen atoms in total. The van der Waals surface area contributed by atoms with E-state index >= 15 is 0 Å². The number of nitrogens with one attached hydrogen (secondary N) is 2. The van der Waals surface area contributed by atoms with Crippen LogP contribution in [0.25, 0.3) is 0 Å². The van der Waals surface area contributed by atoms with Crippen molar-refractivity contribution in [1.82, 2.24) is 9.97 Å². The summed E-state index contributed by atoms with van der Waals surface area (Å²) in [5.74, 6) is -0.433. The molecule has 5 heteroatoms. The maximum atomic E-state index is 11.8. The normalized spacial score (nSPS) is 9.94. The fourth-order valence-corrected chi connectivity index (χ4v) is 1.42. The number of amides is 1. The van der Waals surface area contributed by atoms with Gasteiger partial charge in [0.2, 0.25) is 0 Å². The molecule has 2 N–H and O–H groups in total. The number of pyridine rings is 2. The highest BCUT2D eigenvalue weighted by atomic mass is 16.2. The minimum atomic E-state index is -0.433. The number of hydrogen-bond acceptors (Lipinski definition) is 3. The highest BCUT2D eigenvalue weighted by molar-refractivity contribution is 6.03. The molecule has 0 saturated heterocycles. The molecule has 0 radical (unpaired) electrons. The van der Waals surface area contributed by atoms with E-state index in [0.29, 0.717) is 5.69 Å². The Morgan fingerprint density at radius 2 is 2.24 bits per heavy atom. The molecule has 2 rings (SSSR count). The quantitative estimate of drug-likeness (QED) is 0.815. The molecule has 0 unspecified atom stereocenters. The van der Waals surface area contributed by atoms with E-state index in [-0.39, 0.29) is 11.0 Å². The summed E-state index contributed by atoms with van der Waals surface area (Å²) in [6.45, 7) is 1.82. The van der Waals surface area contributed by atoms with Gasteiger partial charge in [0, 0.05) is 36.0 Å². The largest absolute Gasteiger partial charge is 0.367 e. The molecule has 86 valence electrons. The number of aryl methyl sites for hydroxylation is 1. The van der Waals surface area contributed by atoms with Crippen molar-refractivity contribution in [3.8, 4) is 0 Å². The zero-order valence-corrected chi connectivity index (χ0v) is 9.23. The number of rotatable bonds is 2. The van der Waals surface area contributed by atoms with Gasteiger partial charge in [-0.2, -0.15) is 0 Å². The molecule has 0 saturated carbocycles. The van der Waals surface area contributed by atoms with Crippen LogP contribution >= 0.6 is 0 Å². The topological polar surface area (TPSA) is 74.8 Å². The number of nitrogens with zero attached hydrogens (tertiary/aromatic N) is 1. The number of hydrogen-bond donors (Lipinski definition) is 2. The first-order valence-corrected chi connectivity index (χ1v) is 5.08. The van der Waals surface area contributed by atoms with Crippen LogP contribution in [0.3, 0.4) is 0 Å². The predicted octanol–water partition coefficient (Wildman–Crippen LogP) is 1.33. The monoisotopic (exact) mass is 229 g/mol. The van der Waals surface area contributed by atoms with Crippen molar-refractivity contribution >= 4 is 11.6 Å². The number of aromatic amines is 1. The Bertz CT molecular complexity index is 604. The molecule has 0 aliphatic carbocycles. The van der Waals surface area contributed by atoms with Gasteiger partial charge in [0.15, 0.2) is 5.43 Å². The average molecular weight is 229 g/mol. The van der Waals surface area contributed by atoms with Gasteiger partial charge in [0.1, 0.15) is 5.56 Å². The summed E-state index contributed by atoms with van der Waals surface area (Å²) < 4.78 is 0. The van der Waals surface area contributed by atoms with Crippen molar-refractivity contribution in [3.63, 3.8) is 0 Å². The molecule has 0 fully saturated rings. The molecule has 0 aromatic carbocycles. The zero-order chi connectivity index (χ0) is 12.3. The van der Waals surface area contributed by atoms with E-state index in [1.54, 1.807) is 18.3 Å². The van der Waals surface area contributed by atoms with Crippen LogP contribution in [0.5, 0.6) is 0 Å². The van der Waals surface area contributed by atoms with Crippen LogP contribution < -0.4 is 10.7 Å². The van der Waals surface area contributed by atoms with Gasteiger partial charge in [-0.15, -0.1) is 0 Å². The summed E-state index contributed by atoms with van der Waals surface area (Å²) in [4.78, 5) is 29.9. The SMILES string of the molecule is Cc1cc(NC(=O)c2c[nH]ccc2=O)ccn1. The summed E-state index contributed by atoms with van der Waals surface area (Å²) in [6.07, 6.45) is 4.46. The second-order valence-electron chi connectivity index (χ2n) is 3.56. The van der Waals surface area contributed by atoms with Crippen molar-refractivity contribution in [2.45, 2.75) is 6.92 Å². The van der Waals surface area contributed by atoms with Crippen LogP contribution in [0.15, 0.2) is 41.6 Å². The van der Waals surface area contributed by atoms with E-state index in [9.17, 15) is 9.59 Å². The number of carbonyl (C=O) groups excluding carboxylic acids is 1. The van der Waals surface area contributed by atoms with Crippen LogP contribution in [0, 0.1) is 6.92 Å². The first-order chi connectivity index (χ1) is 8.16. The van der Waals surface area contributed by atoms with Crippen molar-refractivity contribution in [3.05, 3.63) is 58.3 Å². The third kappa shape index (κ3) is 2.57. The van der Waals surface area contributed by atoms with Crippen LogP contribution in [-0.2, 0) is 0 Å². The van der Waals surface area contributed by atoms with Gasteiger partial charge < -0.3 is 10.3 Å². The Morgan fingerprint density at radius 3 is 2.94 bits per heavy atom. The molecular formula is C12H11N3O2. The van der Waals surface area contributed by atoms with E-state index in [1.807, 2.05) is 6.92 Å². The van der Waals surface area contributed by atoms with Gasteiger partial charge >= 0.3 is 0 Å². The molecule has 2 aromatic rings. The highest BCUT2D eigenvalue weighted by Crippen LogP contribution is 2.07. The van der Waals surface area contributed by atoms with Gasteiger partial charge in [-0.3, -0.25) is 14.6 Å². The Balaban J connectivity index is 2.23. The van der Waals surface area contributed by atoms with Crippen LogP contribution in [-0.4, -0.2) is 15.9 Å². The summed E-state index contributed by atoms with van der Waals surface area (Å²) in [7, 11) is 0. The zero-order valence-electron chi connectivity index (χ0n) is 9.23. The molecule has 0 aliphatic rings. The Morgan fingerprint density at radius 1 is 1.41 bits per heavy atom. The van der Waals surface area contributed by atoms with Crippen LogP contribution in [0.4, 0.5) is 5.69 Å². The van der Waals surface area contributed by atoms with E-state index in [4.69, 9.17) is 0 Å². The summed E-state index contributed by atoms with van der Waals surface area (Å²) in [5, 5.41) is 2.64. The molecule has 1 amide bonds. The lowest BCUT2D eigenvalue weighted by atomic mass is 10.2. The summed E-state index contributed by atoms with van der Waals surface area (Å²) >= 11 is 0. The highest BCUT2D eigenvalue weighted by Gasteiger charge is 2.09. The van der Waals surface area contributed by atoms with Gasteiger partial charge in [-0.1, -0.05) is 0 Å². The van der Waals surface area contributed by atoms with E-state index in [2.05, 4.69) is 15.3 Å². The third-order valence-corrected chi connectivity index (χ3v) is 2.22. The lowest BCUT2D eigenvalue weighted by Crippen LogP contribution is -2.20. The summed E-state index contributed by atoms with van der Waals surface area (Å²) in [5.41, 5.74) is 1.18. The Kier molecular flexibility index (Phi) is 3.00.